The molecular weight excluding hydrogens is 416 g/mol. The van der Waals surface area contributed by atoms with Gasteiger partial charge in [-0.2, -0.15) is 0 Å². The van der Waals surface area contributed by atoms with Crippen molar-refractivity contribution in [2.45, 2.75) is 63.3 Å². The average molecular weight is 450 g/mol. The molecule has 0 spiro atoms. The summed E-state index contributed by atoms with van der Waals surface area (Å²) in [6, 6.07) is 5.19. The number of aromatic hydroxyl groups is 1. The summed E-state index contributed by atoms with van der Waals surface area (Å²) in [6.07, 6.45) is 1.16. The monoisotopic (exact) mass is 449 g/mol. The predicted octanol–water partition coefficient (Wildman–Crippen LogP) is 3.99. The summed E-state index contributed by atoms with van der Waals surface area (Å²) in [6.45, 7) is 9.17. The first-order valence-electron chi connectivity index (χ1n) is 10.9. The Hall–Kier alpha value is -1.94. The number of phenols is 1. The fraction of sp³-hybridized carbons (Fsp3) is 0.636. The highest BCUT2D eigenvalue weighted by atomic mass is 28.3. The number of ether oxygens (including phenoxy) is 1. The summed E-state index contributed by atoms with van der Waals surface area (Å²) in [5, 5.41) is 28.1. The van der Waals surface area contributed by atoms with E-state index >= 15 is 0 Å². The normalized spacial score (nSPS) is 26.2. The highest BCUT2D eigenvalue weighted by Gasteiger charge is 2.55. The van der Waals surface area contributed by atoms with E-state index in [0.29, 0.717) is 30.4 Å². The zero-order chi connectivity index (χ0) is 22.8. The van der Waals surface area contributed by atoms with Gasteiger partial charge >= 0.3 is 5.97 Å². The summed E-state index contributed by atoms with van der Waals surface area (Å²) in [4.78, 5) is 23.8. The maximum atomic E-state index is 13.2. The van der Waals surface area contributed by atoms with Gasteiger partial charge in [0.1, 0.15) is 12.9 Å². The highest BCUT2D eigenvalue weighted by molar-refractivity contribution is 6.76. The van der Waals surface area contributed by atoms with Crippen LogP contribution in [0.25, 0.3) is 0 Å². The molecule has 1 aromatic carbocycles. The topological polar surface area (TPSA) is 104 Å². The van der Waals surface area contributed by atoms with Crippen LogP contribution in [-0.4, -0.2) is 56.5 Å². The summed E-state index contributed by atoms with van der Waals surface area (Å²) in [7, 11) is 0.0805. The van der Waals surface area contributed by atoms with Crippen molar-refractivity contribution in [2.75, 3.05) is 20.3 Å². The van der Waals surface area contributed by atoms with Crippen LogP contribution in [0.15, 0.2) is 23.4 Å². The Morgan fingerprint density at radius 2 is 2.03 bits per heavy atom. The number of phenolic OH excluding ortho intramolecular Hbond substituents is 1. The molecule has 1 aromatic rings. The van der Waals surface area contributed by atoms with Gasteiger partial charge in [0.2, 0.25) is 0 Å². The molecule has 0 aromatic heterocycles. The van der Waals surface area contributed by atoms with Crippen LogP contribution in [0.1, 0.15) is 42.7 Å². The maximum absolute atomic E-state index is 13.2. The van der Waals surface area contributed by atoms with Crippen LogP contribution in [0.2, 0.25) is 25.7 Å². The van der Waals surface area contributed by atoms with Crippen LogP contribution in [0.5, 0.6) is 5.75 Å². The van der Waals surface area contributed by atoms with Gasteiger partial charge < -0.3 is 24.7 Å². The molecule has 2 bridgehead atoms. The molecule has 2 unspecified atom stereocenters. The first-order valence-corrected chi connectivity index (χ1v) is 14.6. The third-order valence-electron chi connectivity index (χ3n) is 5.98. The molecule has 3 aliphatic carbocycles. The van der Waals surface area contributed by atoms with Gasteiger partial charge in [-0.15, -0.1) is 0 Å². The molecule has 1 N–H and O–H groups in total. The van der Waals surface area contributed by atoms with E-state index in [-0.39, 0.29) is 18.3 Å². The maximum Gasteiger partial charge on any atom is 0.311 e. The Balaban J connectivity index is 1.99. The molecule has 1 fully saturated rings. The van der Waals surface area contributed by atoms with Crippen molar-refractivity contribution in [1.29, 1.82) is 0 Å². The summed E-state index contributed by atoms with van der Waals surface area (Å²) < 4.78 is 5.48. The second kappa shape index (κ2) is 9.68. The number of nitrogens with zero attached hydrogens (tertiary/aromatic N) is 2. The predicted molar refractivity (Wildman–Crippen MR) is 120 cm³/mol. The molecule has 0 aliphatic heterocycles. The SMILES string of the molecule is CCCOC(=O)C1[C@H](N([O-])OCC[Si](C)(C)C)C2C/C(=N\OC)[C@H]1c1cc(O)ccc12. The molecular formula is C22H33N2O6Si-. The van der Waals surface area contributed by atoms with Gasteiger partial charge in [0.15, 0.2) is 0 Å². The molecule has 1 saturated carbocycles. The lowest BCUT2D eigenvalue weighted by Gasteiger charge is -2.53. The zero-order valence-electron chi connectivity index (χ0n) is 19.0. The fourth-order valence-electron chi connectivity index (χ4n) is 4.56. The van der Waals surface area contributed by atoms with Crippen LogP contribution >= 0.6 is 0 Å². The van der Waals surface area contributed by atoms with Crippen molar-refractivity contribution in [3.05, 3.63) is 34.5 Å². The van der Waals surface area contributed by atoms with Crippen LogP contribution in [-0.2, 0) is 19.2 Å². The molecule has 0 amide bonds. The fourth-order valence-corrected chi connectivity index (χ4v) is 5.26. The van der Waals surface area contributed by atoms with E-state index < -0.39 is 31.9 Å². The standard InChI is InChI=1S/C22H33N2O6Si/c1-6-9-29-22(26)20-19-16-12-14(25)7-8-15(16)17(13-18(19)23-28-2)21(20)24(27)30-10-11-31(3,4)5/h7-8,12,17,19-21,25H,6,9-11,13H2,1-5H3/q-1/b23-18+/t17?,19-,20?,21-/m1/s1. The van der Waals surface area contributed by atoms with E-state index in [2.05, 4.69) is 24.8 Å². The highest BCUT2D eigenvalue weighted by Crippen LogP contribution is 2.54. The van der Waals surface area contributed by atoms with Gasteiger partial charge in [-0.05, 0) is 42.1 Å². The minimum Gasteiger partial charge on any atom is -0.762 e. The van der Waals surface area contributed by atoms with Crippen molar-refractivity contribution in [2.24, 2.45) is 11.1 Å². The number of fused-ring (bicyclic) bond motifs is 2. The van der Waals surface area contributed by atoms with Gasteiger partial charge in [-0.25, -0.2) is 0 Å². The Morgan fingerprint density at radius 1 is 1.29 bits per heavy atom. The molecule has 31 heavy (non-hydrogen) atoms. The van der Waals surface area contributed by atoms with Gasteiger partial charge in [0.05, 0.1) is 24.8 Å². The smallest absolute Gasteiger partial charge is 0.311 e. The third kappa shape index (κ3) is 5.11. The molecule has 4 atom stereocenters. The zero-order valence-corrected chi connectivity index (χ0v) is 20.0. The van der Waals surface area contributed by atoms with E-state index in [4.69, 9.17) is 14.4 Å². The van der Waals surface area contributed by atoms with E-state index in [0.717, 1.165) is 17.2 Å². The molecule has 0 heterocycles. The minimum atomic E-state index is -1.38. The largest absolute Gasteiger partial charge is 0.762 e. The Morgan fingerprint density at radius 3 is 2.68 bits per heavy atom. The lowest BCUT2D eigenvalue weighted by atomic mass is 9.58. The first-order chi connectivity index (χ1) is 14.7. The Labute approximate surface area is 184 Å². The van der Waals surface area contributed by atoms with Crippen molar-refractivity contribution >= 4 is 19.8 Å². The van der Waals surface area contributed by atoms with Gasteiger partial charge in [0, 0.05) is 26.0 Å². The molecule has 4 rings (SSSR count). The van der Waals surface area contributed by atoms with Crippen LogP contribution in [0.4, 0.5) is 0 Å². The molecule has 8 nitrogen and oxygen atoms in total. The van der Waals surface area contributed by atoms with E-state index in [1.54, 1.807) is 12.1 Å². The van der Waals surface area contributed by atoms with Crippen molar-refractivity contribution < 1.29 is 24.3 Å². The number of esters is 1. The van der Waals surface area contributed by atoms with E-state index in [1.807, 2.05) is 13.0 Å². The summed E-state index contributed by atoms with van der Waals surface area (Å²) in [5.41, 5.74) is 2.39. The van der Waals surface area contributed by atoms with E-state index in [1.165, 1.54) is 7.11 Å². The molecule has 3 aliphatic rings. The summed E-state index contributed by atoms with van der Waals surface area (Å²) >= 11 is 0. The summed E-state index contributed by atoms with van der Waals surface area (Å²) in [5.74, 6) is -1.98. The van der Waals surface area contributed by atoms with Crippen molar-refractivity contribution in [3.63, 3.8) is 0 Å². The van der Waals surface area contributed by atoms with E-state index in [9.17, 15) is 15.1 Å². The molecule has 9 heteroatoms. The third-order valence-corrected chi connectivity index (χ3v) is 7.68. The second-order valence-electron chi connectivity index (χ2n) is 9.48. The number of benzene rings is 1. The Bertz CT molecular complexity index is 825. The quantitative estimate of drug-likeness (QED) is 0.345. The number of hydroxylamine groups is 2. The lowest BCUT2D eigenvalue weighted by molar-refractivity contribution is -0.182. The van der Waals surface area contributed by atoms with Crippen LogP contribution in [0.3, 0.4) is 0 Å². The Kier molecular flexibility index (Phi) is 7.41. The lowest BCUT2D eigenvalue weighted by Crippen LogP contribution is -2.56. The number of hydrogen-bond acceptors (Lipinski definition) is 8. The van der Waals surface area contributed by atoms with Gasteiger partial charge in [-0.1, -0.05) is 37.8 Å². The van der Waals surface area contributed by atoms with Gasteiger partial charge in [0.25, 0.3) is 0 Å². The number of rotatable bonds is 9. The van der Waals surface area contributed by atoms with Crippen LogP contribution < -0.4 is 0 Å². The molecule has 0 saturated heterocycles. The van der Waals surface area contributed by atoms with Gasteiger partial charge in [-0.3, -0.25) is 10.0 Å². The molecule has 0 radical (unpaired) electrons. The van der Waals surface area contributed by atoms with Crippen LogP contribution in [0, 0.1) is 11.1 Å². The van der Waals surface area contributed by atoms with Crippen molar-refractivity contribution in [3.8, 4) is 5.75 Å². The molecule has 172 valence electrons. The number of hydrogen-bond donors (Lipinski definition) is 1. The van der Waals surface area contributed by atoms with Crippen molar-refractivity contribution in [1.82, 2.24) is 5.23 Å². The average Bonchev–Trinajstić information content (AvgIpc) is 2.70. The number of oxime groups is 1. The first kappa shape index (κ1) is 23.7. The second-order valence-corrected chi connectivity index (χ2v) is 15.1. The number of carbonyl (C=O) groups is 1. The number of carbonyl (C=O) groups excluding carboxylic acids is 1. The minimum absolute atomic E-state index is 0.102.